The van der Waals surface area contributed by atoms with Crippen molar-refractivity contribution in [2.75, 3.05) is 11.9 Å². The molecule has 7 heteroatoms. The molecule has 7 nitrogen and oxygen atoms in total. The average Bonchev–Trinajstić information content (AvgIpc) is 3.40. The summed E-state index contributed by atoms with van der Waals surface area (Å²) in [5.41, 5.74) is 3.13. The van der Waals surface area contributed by atoms with Gasteiger partial charge in [0.25, 0.3) is 5.91 Å². The maximum atomic E-state index is 12.2. The van der Waals surface area contributed by atoms with E-state index >= 15 is 0 Å². The van der Waals surface area contributed by atoms with Gasteiger partial charge in [0.15, 0.2) is 17.3 Å². The van der Waals surface area contributed by atoms with Crippen LogP contribution in [0.3, 0.4) is 0 Å². The van der Waals surface area contributed by atoms with Gasteiger partial charge in [-0.2, -0.15) is 0 Å². The Labute approximate surface area is 164 Å². The van der Waals surface area contributed by atoms with Crippen molar-refractivity contribution in [1.82, 2.24) is 24.8 Å². The van der Waals surface area contributed by atoms with Crippen molar-refractivity contribution in [3.05, 3.63) is 36.2 Å². The highest BCUT2D eigenvalue weighted by Crippen LogP contribution is 2.26. The second-order valence-electron chi connectivity index (χ2n) is 7.57. The van der Waals surface area contributed by atoms with Crippen LogP contribution in [0.2, 0.25) is 0 Å². The molecule has 4 rings (SSSR count). The summed E-state index contributed by atoms with van der Waals surface area (Å²) in [4.78, 5) is 26.2. The standard InChI is InChI=1S/C21H26N6O/c1-4-11-22-19-17-20(27(12-23-17)13(2)3)26-18(25-19)14-5-7-15(8-6-14)21(28)24-16-9-10-16/h5-8,12-13,16H,4,9-11H2,1-3H3,(H,24,28)(H,22,25,26). The van der Waals surface area contributed by atoms with Gasteiger partial charge < -0.3 is 15.2 Å². The van der Waals surface area contributed by atoms with E-state index in [4.69, 9.17) is 9.97 Å². The summed E-state index contributed by atoms with van der Waals surface area (Å²) in [7, 11) is 0. The Balaban J connectivity index is 1.70. The van der Waals surface area contributed by atoms with Gasteiger partial charge in [-0.1, -0.05) is 19.1 Å². The number of benzene rings is 1. The first kappa shape index (κ1) is 18.4. The molecular formula is C21H26N6O. The Morgan fingerprint density at radius 3 is 2.61 bits per heavy atom. The molecule has 28 heavy (non-hydrogen) atoms. The number of anilines is 1. The number of nitrogens with zero attached hydrogens (tertiary/aromatic N) is 4. The number of amides is 1. The predicted octanol–water partition coefficient (Wildman–Crippen LogP) is 3.79. The summed E-state index contributed by atoms with van der Waals surface area (Å²) in [5.74, 6) is 1.35. The summed E-state index contributed by atoms with van der Waals surface area (Å²) in [6.07, 6.45) is 4.97. The Morgan fingerprint density at radius 2 is 1.96 bits per heavy atom. The summed E-state index contributed by atoms with van der Waals surface area (Å²) < 4.78 is 2.05. The molecule has 0 atom stereocenters. The first-order valence-corrected chi connectivity index (χ1v) is 9.96. The topological polar surface area (TPSA) is 84.7 Å². The summed E-state index contributed by atoms with van der Waals surface area (Å²) in [5, 5.41) is 6.38. The van der Waals surface area contributed by atoms with Gasteiger partial charge in [-0.15, -0.1) is 0 Å². The maximum Gasteiger partial charge on any atom is 0.251 e. The quantitative estimate of drug-likeness (QED) is 0.653. The van der Waals surface area contributed by atoms with Crippen LogP contribution in [0.4, 0.5) is 5.82 Å². The lowest BCUT2D eigenvalue weighted by molar-refractivity contribution is 0.0951. The van der Waals surface area contributed by atoms with E-state index in [1.165, 1.54) is 0 Å². The number of nitrogens with one attached hydrogen (secondary N) is 2. The molecule has 2 heterocycles. The van der Waals surface area contributed by atoms with Crippen LogP contribution in [-0.2, 0) is 0 Å². The van der Waals surface area contributed by atoms with E-state index in [-0.39, 0.29) is 11.9 Å². The highest BCUT2D eigenvalue weighted by molar-refractivity contribution is 5.95. The molecule has 1 aliphatic carbocycles. The third kappa shape index (κ3) is 3.69. The molecule has 1 aromatic carbocycles. The second kappa shape index (κ2) is 7.58. The van der Waals surface area contributed by atoms with E-state index in [0.29, 0.717) is 17.4 Å². The Bertz CT molecular complexity index is 988. The summed E-state index contributed by atoms with van der Waals surface area (Å²) >= 11 is 0. The maximum absolute atomic E-state index is 12.2. The van der Waals surface area contributed by atoms with Crippen LogP contribution in [0.25, 0.3) is 22.6 Å². The fraction of sp³-hybridized carbons (Fsp3) is 0.429. The molecule has 1 saturated carbocycles. The number of imidazole rings is 1. The number of rotatable bonds is 7. The second-order valence-corrected chi connectivity index (χ2v) is 7.57. The summed E-state index contributed by atoms with van der Waals surface area (Å²) in [6, 6.07) is 8.08. The van der Waals surface area contributed by atoms with Crippen LogP contribution in [0.5, 0.6) is 0 Å². The summed E-state index contributed by atoms with van der Waals surface area (Å²) in [6.45, 7) is 7.15. The molecule has 0 bridgehead atoms. The number of fused-ring (bicyclic) bond motifs is 1. The number of carbonyl (C=O) groups excluding carboxylic acids is 1. The third-order valence-corrected chi connectivity index (χ3v) is 4.84. The fourth-order valence-electron chi connectivity index (χ4n) is 3.06. The van der Waals surface area contributed by atoms with E-state index in [9.17, 15) is 4.79 Å². The van der Waals surface area contributed by atoms with Crippen molar-refractivity contribution < 1.29 is 4.79 Å². The van der Waals surface area contributed by atoms with Gasteiger partial charge in [0, 0.05) is 29.8 Å². The molecule has 1 amide bonds. The van der Waals surface area contributed by atoms with Crippen molar-refractivity contribution in [3.8, 4) is 11.4 Å². The van der Waals surface area contributed by atoms with Gasteiger partial charge in [-0.3, -0.25) is 4.79 Å². The minimum Gasteiger partial charge on any atom is -0.368 e. The van der Waals surface area contributed by atoms with Gasteiger partial charge in [0.1, 0.15) is 5.52 Å². The van der Waals surface area contributed by atoms with Gasteiger partial charge in [-0.25, -0.2) is 15.0 Å². The van der Waals surface area contributed by atoms with Crippen LogP contribution in [0.1, 0.15) is 56.4 Å². The Kier molecular flexibility index (Phi) is 4.98. The zero-order valence-corrected chi connectivity index (χ0v) is 16.6. The Morgan fingerprint density at radius 1 is 1.21 bits per heavy atom. The van der Waals surface area contributed by atoms with Gasteiger partial charge in [-0.05, 0) is 45.2 Å². The van der Waals surface area contributed by atoms with Crippen LogP contribution < -0.4 is 10.6 Å². The molecule has 2 aromatic heterocycles. The zero-order chi connectivity index (χ0) is 19.7. The van der Waals surface area contributed by atoms with Crippen molar-refractivity contribution in [2.24, 2.45) is 0 Å². The number of aromatic nitrogens is 4. The van der Waals surface area contributed by atoms with E-state index in [0.717, 1.165) is 48.4 Å². The predicted molar refractivity (Wildman–Crippen MR) is 110 cm³/mol. The van der Waals surface area contributed by atoms with Gasteiger partial charge in [0.2, 0.25) is 0 Å². The van der Waals surface area contributed by atoms with E-state index < -0.39 is 0 Å². The molecule has 146 valence electrons. The molecule has 2 N–H and O–H groups in total. The Hall–Kier alpha value is -2.96. The molecule has 0 spiro atoms. The monoisotopic (exact) mass is 378 g/mol. The average molecular weight is 378 g/mol. The molecule has 3 aromatic rings. The molecule has 0 saturated heterocycles. The molecule has 0 aliphatic heterocycles. The van der Waals surface area contributed by atoms with Crippen molar-refractivity contribution in [3.63, 3.8) is 0 Å². The van der Waals surface area contributed by atoms with Crippen LogP contribution in [0.15, 0.2) is 30.6 Å². The van der Waals surface area contributed by atoms with Crippen LogP contribution >= 0.6 is 0 Å². The minimum atomic E-state index is -0.0198. The molecule has 0 radical (unpaired) electrons. The third-order valence-electron chi connectivity index (χ3n) is 4.84. The van der Waals surface area contributed by atoms with E-state index in [2.05, 4.69) is 41.0 Å². The number of hydrogen-bond acceptors (Lipinski definition) is 5. The SMILES string of the molecule is CCCNc1nc(-c2ccc(C(=O)NC3CC3)cc2)nc2c1ncn2C(C)C. The molecular weight excluding hydrogens is 352 g/mol. The van der Waals surface area contributed by atoms with Gasteiger partial charge >= 0.3 is 0 Å². The number of carbonyl (C=O) groups is 1. The molecule has 1 fully saturated rings. The highest BCUT2D eigenvalue weighted by atomic mass is 16.1. The van der Waals surface area contributed by atoms with E-state index in [1.54, 1.807) is 0 Å². The molecule has 1 aliphatic rings. The van der Waals surface area contributed by atoms with Crippen molar-refractivity contribution in [2.45, 2.75) is 52.1 Å². The largest absolute Gasteiger partial charge is 0.368 e. The normalized spacial score (nSPS) is 13.9. The fourth-order valence-corrected chi connectivity index (χ4v) is 3.06. The first-order chi connectivity index (χ1) is 13.6. The lowest BCUT2D eigenvalue weighted by Crippen LogP contribution is -2.25. The lowest BCUT2D eigenvalue weighted by atomic mass is 10.1. The molecule has 0 unspecified atom stereocenters. The van der Waals surface area contributed by atoms with Crippen LogP contribution in [0, 0.1) is 0 Å². The number of hydrogen-bond donors (Lipinski definition) is 2. The van der Waals surface area contributed by atoms with E-state index in [1.807, 2.05) is 30.6 Å². The zero-order valence-electron chi connectivity index (χ0n) is 16.6. The highest BCUT2D eigenvalue weighted by Gasteiger charge is 2.23. The smallest absolute Gasteiger partial charge is 0.251 e. The van der Waals surface area contributed by atoms with Gasteiger partial charge in [0.05, 0.1) is 6.33 Å². The van der Waals surface area contributed by atoms with Crippen molar-refractivity contribution >= 4 is 22.9 Å². The minimum absolute atomic E-state index is 0.0198. The lowest BCUT2D eigenvalue weighted by Gasteiger charge is -2.11. The first-order valence-electron chi connectivity index (χ1n) is 9.96. The van der Waals surface area contributed by atoms with Crippen molar-refractivity contribution in [1.29, 1.82) is 0 Å². The van der Waals surface area contributed by atoms with Crippen LogP contribution in [-0.4, -0.2) is 38.0 Å².